The molecule has 1 aromatic rings. The predicted octanol–water partition coefficient (Wildman–Crippen LogP) is 1.57. The molecule has 13 heavy (non-hydrogen) atoms. The standard InChI is InChI=1S/C8H11BrN4/c1-2-7(3-9)5-13-6-11-8(4-10)12-13/h6-7H,2-3,5H2,1H3. The van der Waals surface area contributed by atoms with Crippen molar-refractivity contribution in [2.45, 2.75) is 19.9 Å². The largest absolute Gasteiger partial charge is 0.252 e. The number of aromatic nitrogens is 3. The van der Waals surface area contributed by atoms with Crippen molar-refractivity contribution < 1.29 is 0 Å². The van der Waals surface area contributed by atoms with Crippen LogP contribution in [-0.4, -0.2) is 20.1 Å². The molecule has 1 unspecified atom stereocenters. The first-order valence-electron chi connectivity index (χ1n) is 4.15. The molecule has 1 rings (SSSR count). The van der Waals surface area contributed by atoms with Gasteiger partial charge in [0.05, 0.1) is 0 Å². The molecule has 0 bridgehead atoms. The van der Waals surface area contributed by atoms with Crippen molar-refractivity contribution in [1.29, 1.82) is 5.26 Å². The van der Waals surface area contributed by atoms with Crippen LogP contribution >= 0.6 is 15.9 Å². The zero-order valence-electron chi connectivity index (χ0n) is 7.44. The molecule has 0 amide bonds. The molecule has 0 aliphatic heterocycles. The third-order valence-corrected chi connectivity index (χ3v) is 2.79. The van der Waals surface area contributed by atoms with Gasteiger partial charge >= 0.3 is 0 Å². The van der Waals surface area contributed by atoms with Crippen molar-refractivity contribution in [3.8, 4) is 6.07 Å². The SMILES string of the molecule is CCC(CBr)Cn1cnc(C#N)n1. The maximum atomic E-state index is 8.50. The van der Waals surface area contributed by atoms with Gasteiger partial charge in [-0.25, -0.2) is 4.98 Å². The number of rotatable bonds is 4. The summed E-state index contributed by atoms with van der Waals surface area (Å²) in [5.74, 6) is 0.790. The van der Waals surface area contributed by atoms with E-state index in [1.54, 1.807) is 11.0 Å². The Morgan fingerprint density at radius 2 is 2.54 bits per heavy atom. The lowest BCUT2D eigenvalue weighted by Gasteiger charge is -2.09. The zero-order valence-corrected chi connectivity index (χ0v) is 9.03. The highest BCUT2D eigenvalue weighted by molar-refractivity contribution is 9.09. The van der Waals surface area contributed by atoms with Gasteiger partial charge in [0, 0.05) is 11.9 Å². The highest BCUT2D eigenvalue weighted by atomic mass is 79.9. The van der Waals surface area contributed by atoms with Crippen LogP contribution in [0.2, 0.25) is 0 Å². The fraction of sp³-hybridized carbons (Fsp3) is 0.625. The Labute approximate surface area is 85.7 Å². The lowest BCUT2D eigenvalue weighted by Crippen LogP contribution is -2.11. The summed E-state index contributed by atoms with van der Waals surface area (Å²) >= 11 is 3.43. The van der Waals surface area contributed by atoms with E-state index in [0.717, 1.165) is 18.3 Å². The van der Waals surface area contributed by atoms with Gasteiger partial charge in [-0.3, -0.25) is 4.68 Å². The fourth-order valence-electron chi connectivity index (χ4n) is 0.985. The van der Waals surface area contributed by atoms with E-state index in [2.05, 4.69) is 32.9 Å². The molecule has 0 aliphatic rings. The second kappa shape index (κ2) is 4.97. The van der Waals surface area contributed by atoms with Gasteiger partial charge in [0.2, 0.25) is 0 Å². The van der Waals surface area contributed by atoms with Crippen LogP contribution in [0.4, 0.5) is 0 Å². The third-order valence-electron chi connectivity index (χ3n) is 1.88. The summed E-state index contributed by atoms with van der Waals surface area (Å²) in [6, 6.07) is 1.90. The van der Waals surface area contributed by atoms with Gasteiger partial charge in [0.1, 0.15) is 12.4 Å². The molecular formula is C8H11BrN4. The van der Waals surface area contributed by atoms with Crippen LogP contribution in [-0.2, 0) is 6.54 Å². The quantitative estimate of drug-likeness (QED) is 0.754. The fourth-order valence-corrected chi connectivity index (χ4v) is 1.65. The minimum absolute atomic E-state index is 0.240. The molecule has 5 heteroatoms. The van der Waals surface area contributed by atoms with Crippen molar-refractivity contribution in [2.75, 3.05) is 5.33 Å². The Bertz CT molecular complexity index is 297. The summed E-state index contributed by atoms with van der Waals surface area (Å²) in [4.78, 5) is 3.83. The summed E-state index contributed by atoms with van der Waals surface area (Å²) in [6.45, 7) is 2.95. The summed E-state index contributed by atoms with van der Waals surface area (Å²) < 4.78 is 1.72. The number of hydrogen-bond donors (Lipinski definition) is 0. The van der Waals surface area contributed by atoms with Crippen LogP contribution in [0.3, 0.4) is 0 Å². The predicted molar refractivity (Wildman–Crippen MR) is 52.3 cm³/mol. The molecular weight excluding hydrogens is 232 g/mol. The molecule has 0 aliphatic carbocycles. The van der Waals surface area contributed by atoms with E-state index < -0.39 is 0 Å². The Balaban J connectivity index is 2.58. The lowest BCUT2D eigenvalue weighted by molar-refractivity contribution is 0.446. The van der Waals surface area contributed by atoms with Crippen molar-refractivity contribution in [2.24, 2.45) is 5.92 Å². The average molecular weight is 243 g/mol. The zero-order chi connectivity index (χ0) is 9.68. The molecule has 0 saturated heterocycles. The van der Waals surface area contributed by atoms with Gasteiger partial charge < -0.3 is 0 Å². The normalized spacial score (nSPS) is 12.4. The Morgan fingerprint density at radius 1 is 1.77 bits per heavy atom. The second-order valence-electron chi connectivity index (χ2n) is 2.83. The van der Waals surface area contributed by atoms with Crippen LogP contribution in [0.5, 0.6) is 0 Å². The molecule has 70 valence electrons. The van der Waals surface area contributed by atoms with Crippen molar-refractivity contribution >= 4 is 15.9 Å². The van der Waals surface area contributed by atoms with Crippen molar-refractivity contribution in [1.82, 2.24) is 14.8 Å². The van der Waals surface area contributed by atoms with Gasteiger partial charge in [0.25, 0.3) is 5.82 Å². The van der Waals surface area contributed by atoms with Crippen LogP contribution in [0.25, 0.3) is 0 Å². The van der Waals surface area contributed by atoms with Crippen molar-refractivity contribution in [3.63, 3.8) is 0 Å². The van der Waals surface area contributed by atoms with E-state index in [1.807, 2.05) is 6.07 Å². The van der Waals surface area contributed by atoms with Gasteiger partial charge in [-0.05, 0) is 5.92 Å². The number of halogens is 1. The van der Waals surface area contributed by atoms with Gasteiger partial charge in [-0.2, -0.15) is 5.26 Å². The third kappa shape index (κ3) is 2.81. The average Bonchev–Trinajstić information content (AvgIpc) is 2.61. The van der Waals surface area contributed by atoms with E-state index >= 15 is 0 Å². The topological polar surface area (TPSA) is 54.5 Å². The molecule has 0 saturated carbocycles. The maximum Gasteiger partial charge on any atom is 0.252 e. The molecule has 1 heterocycles. The summed E-state index contributed by atoms with van der Waals surface area (Å²) in [6.07, 6.45) is 2.69. The second-order valence-corrected chi connectivity index (χ2v) is 3.48. The summed E-state index contributed by atoms with van der Waals surface area (Å²) in [5, 5.41) is 13.4. The first-order chi connectivity index (χ1) is 6.30. The summed E-state index contributed by atoms with van der Waals surface area (Å²) in [5.41, 5.74) is 0. The number of nitrogens with zero attached hydrogens (tertiary/aromatic N) is 4. The molecule has 0 N–H and O–H groups in total. The highest BCUT2D eigenvalue weighted by Gasteiger charge is 2.06. The Morgan fingerprint density at radius 3 is 3.00 bits per heavy atom. The minimum atomic E-state index is 0.240. The highest BCUT2D eigenvalue weighted by Crippen LogP contribution is 2.08. The molecule has 1 atom stereocenters. The van der Waals surface area contributed by atoms with Gasteiger partial charge in [0.15, 0.2) is 0 Å². The smallest absolute Gasteiger partial charge is 0.251 e. The lowest BCUT2D eigenvalue weighted by atomic mass is 10.1. The number of alkyl halides is 1. The van der Waals surface area contributed by atoms with Crippen LogP contribution < -0.4 is 0 Å². The van der Waals surface area contributed by atoms with Gasteiger partial charge in [-0.15, -0.1) is 5.10 Å². The minimum Gasteiger partial charge on any atom is -0.251 e. The molecule has 0 fully saturated rings. The van der Waals surface area contributed by atoms with Crippen molar-refractivity contribution in [3.05, 3.63) is 12.2 Å². The Kier molecular flexibility index (Phi) is 3.90. The molecule has 0 radical (unpaired) electrons. The summed E-state index contributed by atoms with van der Waals surface area (Å²) in [7, 11) is 0. The van der Waals surface area contributed by atoms with Crippen LogP contribution in [0, 0.1) is 17.2 Å². The van der Waals surface area contributed by atoms with Gasteiger partial charge in [-0.1, -0.05) is 29.3 Å². The number of hydrogen-bond acceptors (Lipinski definition) is 3. The van der Waals surface area contributed by atoms with E-state index in [9.17, 15) is 0 Å². The number of nitriles is 1. The first kappa shape index (κ1) is 10.2. The molecule has 4 nitrogen and oxygen atoms in total. The molecule has 0 aromatic carbocycles. The Hall–Kier alpha value is -0.890. The van der Waals surface area contributed by atoms with E-state index in [4.69, 9.17) is 5.26 Å². The van der Waals surface area contributed by atoms with E-state index in [0.29, 0.717) is 5.92 Å². The van der Waals surface area contributed by atoms with Crippen LogP contribution in [0.15, 0.2) is 6.33 Å². The first-order valence-corrected chi connectivity index (χ1v) is 5.27. The maximum absolute atomic E-state index is 8.50. The van der Waals surface area contributed by atoms with E-state index in [1.165, 1.54) is 0 Å². The molecule has 1 aromatic heterocycles. The molecule has 0 spiro atoms. The van der Waals surface area contributed by atoms with Crippen LogP contribution in [0.1, 0.15) is 19.2 Å². The monoisotopic (exact) mass is 242 g/mol. The van der Waals surface area contributed by atoms with E-state index in [-0.39, 0.29) is 5.82 Å².